The first kappa shape index (κ1) is 32.6. The van der Waals surface area contributed by atoms with Gasteiger partial charge >= 0.3 is 97.8 Å². The molecule has 0 radical (unpaired) electrons. The van der Waals surface area contributed by atoms with Gasteiger partial charge in [0.15, 0.2) is 0 Å². The molecule has 2 aromatic rings. The van der Waals surface area contributed by atoms with Crippen molar-refractivity contribution < 1.29 is 18.3 Å². The van der Waals surface area contributed by atoms with E-state index in [-0.39, 0.29) is 11.6 Å². The number of ether oxygens (including phenoxy) is 1. The second-order valence-corrected chi connectivity index (χ2v) is 18.7. The van der Waals surface area contributed by atoms with Gasteiger partial charge in [0.2, 0.25) is 0 Å². The summed E-state index contributed by atoms with van der Waals surface area (Å²) < 4.78 is 7.51. The largest absolute Gasteiger partial charge is 0.517 e. The average molecular weight is 661 g/mol. The molecule has 0 amide bonds. The van der Waals surface area contributed by atoms with E-state index in [1.165, 1.54) is 36.1 Å². The number of fused-ring (bicyclic) bond motifs is 3. The number of hydrogen-bond donors (Lipinski definition) is 0. The Kier molecular flexibility index (Phi) is 11.2. The molecule has 5 heteroatoms. The minimum absolute atomic E-state index is 0.163. The van der Waals surface area contributed by atoms with Crippen LogP contribution in [-0.2, 0) is 13.5 Å². The molecule has 0 spiro atoms. The molecule has 2 aromatic carbocycles. The molecule has 39 heavy (non-hydrogen) atoms. The summed E-state index contributed by atoms with van der Waals surface area (Å²) in [5.41, 5.74) is 6.17. The van der Waals surface area contributed by atoms with Crippen LogP contribution in [0.5, 0.6) is 5.75 Å². The van der Waals surface area contributed by atoms with Gasteiger partial charge in [-0.2, -0.15) is 0 Å². The van der Waals surface area contributed by atoms with Gasteiger partial charge in [-0.25, -0.2) is 6.54 Å². The standard InChI is InChI=1S/C24H38N.C10H12O.2ClH.Ru/c1-16(2)20-10-9-11-21(17(3)4)22(20)25-15-24(18(5)6)13-12-23(25,8)14-19(24)7;1-8(2)11-10-7-5-4-6-9(10)3;;;/h9-11,15-19H,12-14H2,1-8H3;3-8H,1-2H3;2*1H;/q-1;;;;+2/p-2/t19-,23-,24-;;;;/m1..../s1. The monoisotopic (exact) mass is 660 g/mol. The fourth-order valence-electron chi connectivity index (χ4n) is 6.63. The van der Waals surface area contributed by atoms with E-state index in [0.29, 0.717) is 23.2 Å². The van der Waals surface area contributed by atoms with Gasteiger partial charge in [0, 0.05) is 11.2 Å². The number of nitrogens with zero attached hydrogens (tertiary/aromatic N) is 1. The first-order valence-corrected chi connectivity index (χ1v) is 20.1. The van der Waals surface area contributed by atoms with Gasteiger partial charge in [-0.05, 0) is 42.7 Å². The van der Waals surface area contributed by atoms with Gasteiger partial charge in [0.1, 0.15) is 0 Å². The van der Waals surface area contributed by atoms with Crippen LogP contribution in [0, 0.1) is 23.8 Å². The van der Waals surface area contributed by atoms with Crippen molar-refractivity contribution in [1.29, 1.82) is 0 Å². The summed E-state index contributed by atoms with van der Waals surface area (Å²) in [6.45, 7) is 25.9. The molecule has 0 aromatic heterocycles. The molecule has 2 nitrogen and oxygen atoms in total. The summed E-state index contributed by atoms with van der Waals surface area (Å²) in [5.74, 6) is 3.43. The molecule has 0 unspecified atom stereocenters. The second kappa shape index (κ2) is 13.4. The van der Waals surface area contributed by atoms with Crippen LogP contribution >= 0.6 is 19.4 Å². The molecule has 5 rings (SSSR count). The molecule has 1 aliphatic carbocycles. The Labute approximate surface area is 252 Å². The van der Waals surface area contributed by atoms with Crippen molar-refractivity contribution in [3.05, 3.63) is 65.7 Å². The maximum Gasteiger partial charge on any atom is 0.0145 e. The molecular weight excluding hydrogens is 610 g/mol. The van der Waals surface area contributed by atoms with E-state index < -0.39 is 13.5 Å². The molecule has 1 saturated carbocycles. The summed E-state index contributed by atoms with van der Waals surface area (Å²) in [5, 5.41) is 0. The fraction of sp³-hybridized carbons (Fsp3) is 0.588. The molecule has 0 N–H and O–H groups in total. The minimum atomic E-state index is -1.77. The number of halogens is 2. The van der Waals surface area contributed by atoms with E-state index in [1.807, 2.05) is 42.7 Å². The van der Waals surface area contributed by atoms with Gasteiger partial charge in [0.05, 0.1) is 0 Å². The molecule has 2 heterocycles. The summed E-state index contributed by atoms with van der Waals surface area (Å²) in [6.07, 6.45) is 4.14. The molecule has 2 aliphatic heterocycles. The minimum Gasteiger partial charge on any atom is -0.517 e. The third-order valence-electron chi connectivity index (χ3n) is 8.84. The van der Waals surface area contributed by atoms with E-state index in [1.54, 1.807) is 0 Å². The topological polar surface area (TPSA) is 12.5 Å². The van der Waals surface area contributed by atoms with Crippen LogP contribution in [-0.4, -0.2) is 16.3 Å². The van der Waals surface area contributed by atoms with Crippen LogP contribution in [0.25, 0.3) is 0 Å². The van der Waals surface area contributed by atoms with Gasteiger partial charge in [-0.15, -0.1) is 5.41 Å². The average Bonchev–Trinajstić information content (AvgIpc) is 2.84. The first-order chi connectivity index (χ1) is 18.2. The third-order valence-corrected chi connectivity index (χ3v) is 10.7. The Bertz CT molecular complexity index is 1110. The fourth-order valence-corrected chi connectivity index (χ4v) is 8.44. The van der Waals surface area contributed by atoms with E-state index in [4.69, 9.17) is 24.1 Å². The smallest absolute Gasteiger partial charge is 0.0145 e. The predicted molar refractivity (Wildman–Crippen MR) is 169 cm³/mol. The maximum absolute atomic E-state index is 5.82. The van der Waals surface area contributed by atoms with Crippen LogP contribution in [0.1, 0.15) is 117 Å². The van der Waals surface area contributed by atoms with Crippen molar-refractivity contribution in [1.82, 2.24) is 0 Å². The van der Waals surface area contributed by atoms with Crippen LogP contribution in [0.4, 0.5) is 5.69 Å². The van der Waals surface area contributed by atoms with E-state index >= 15 is 0 Å². The van der Waals surface area contributed by atoms with Crippen LogP contribution in [0.15, 0.2) is 42.5 Å². The summed E-state index contributed by atoms with van der Waals surface area (Å²) >= 11 is -1.77. The number of hydrogen-bond acceptors (Lipinski definition) is 2. The van der Waals surface area contributed by atoms with E-state index in [0.717, 1.165) is 17.2 Å². The van der Waals surface area contributed by atoms with Gasteiger partial charge in [-0.3, -0.25) is 0 Å². The van der Waals surface area contributed by atoms with Gasteiger partial charge in [0.25, 0.3) is 0 Å². The van der Waals surface area contributed by atoms with Crippen LogP contribution < -0.4 is 9.64 Å². The van der Waals surface area contributed by atoms with Crippen molar-refractivity contribution in [2.24, 2.45) is 17.3 Å². The van der Waals surface area contributed by atoms with Crippen molar-refractivity contribution in [3.63, 3.8) is 0 Å². The zero-order valence-electron chi connectivity index (χ0n) is 25.7. The third kappa shape index (κ3) is 7.31. The van der Waals surface area contributed by atoms with Crippen molar-refractivity contribution >= 4 is 29.7 Å². The summed E-state index contributed by atoms with van der Waals surface area (Å²) in [7, 11) is 11.6. The zero-order valence-corrected chi connectivity index (χ0v) is 28.9. The van der Waals surface area contributed by atoms with E-state index in [9.17, 15) is 0 Å². The Hall–Kier alpha value is -0.887. The number of para-hydroxylation sites is 2. The van der Waals surface area contributed by atoms with Crippen molar-refractivity contribution in [2.45, 2.75) is 112 Å². The van der Waals surface area contributed by atoms with Crippen molar-refractivity contribution in [3.8, 4) is 5.75 Å². The summed E-state index contributed by atoms with van der Waals surface area (Å²) in [6, 6.07) is 14.8. The molecule has 2 bridgehead atoms. The zero-order chi connectivity index (χ0) is 29.1. The van der Waals surface area contributed by atoms with Crippen LogP contribution in [0.2, 0.25) is 0 Å². The predicted octanol–water partition coefficient (Wildman–Crippen LogP) is 10.7. The number of benzene rings is 2. The molecule has 2 saturated heterocycles. The molecule has 3 atom stereocenters. The quantitative estimate of drug-likeness (QED) is 0.217. The maximum atomic E-state index is 5.82. The van der Waals surface area contributed by atoms with Gasteiger partial charge in [-0.1, -0.05) is 84.9 Å². The Balaban J connectivity index is 0.000000255. The Morgan fingerprint density at radius 1 is 0.923 bits per heavy atom. The molecule has 3 fully saturated rings. The van der Waals surface area contributed by atoms with Crippen molar-refractivity contribution in [2.75, 3.05) is 4.90 Å². The number of anilines is 1. The SMILES string of the molecule is CC(C)Oc1ccccc1[CH]=[Ru]([Cl])[Cl].CC(C)c1cccc(C(C)C)c1N1[CH-][C@@]2(C(C)C)CC[C@]1(C)C[C@H]2C. The normalized spacial score (nSPS) is 24.8. The molecule has 3 aliphatic rings. The van der Waals surface area contributed by atoms with Crippen LogP contribution in [0.3, 0.4) is 0 Å². The summed E-state index contributed by atoms with van der Waals surface area (Å²) in [4.78, 5) is 2.74. The number of rotatable bonds is 7. The second-order valence-electron chi connectivity index (χ2n) is 13.0. The Morgan fingerprint density at radius 2 is 1.51 bits per heavy atom. The van der Waals surface area contributed by atoms with E-state index in [2.05, 4.69) is 85.0 Å². The first-order valence-electron chi connectivity index (χ1n) is 14.6. The number of piperidine rings is 2. The molecule has 220 valence electrons. The van der Waals surface area contributed by atoms with Gasteiger partial charge < -0.3 is 4.90 Å². The molecular formula is C34H50Cl2NORu-. The Morgan fingerprint density at radius 3 is 2.00 bits per heavy atom.